The maximum atomic E-state index is 12.7. The normalized spacial score (nSPS) is 21.8. The standard InChI is InChI=1S/C15H20N2O2S2/c1-2-5-10-8-12(10)17-21(18,19)15-11-6-3-4-7-13(11)20-14(15)9-16/h3-4,6-7,10,12,17H,2,5,8-9,16H2,1H3. The Hall–Kier alpha value is -0.950. The summed E-state index contributed by atoms with van der Waals surface area (Å²) in [6.07, 6.45) is 3.13. The molecule has 0 spiro atoms. The number of hydrogen-bond acceptors (Lipinski definition) is 4. The first-order valence-electron chi connectivity index (χ1n) is 7.29. The molecule has 1 aliphatic carbocycles. The van der Waals surface area contributed by atoms with Gasteiger partial charge in [0.15, 0.2) is 0 Å². The lowest BCUT2D eigenvalue weighted by atomic mass is 10.2. The Morgan fingerprint density at radius 1 is 1.38 bits per heavy atom. The molecule has 0 radical (unpaired) electrons. The molecule has 3 N–H and O–H groups in total. The molecule has 1 aliphatic rings. The lowest BCUT2D eigenvalue weighted by molar-refractivity contribution is 0.573. The molecule has 1 saturated carbocycles. The minimum atomic E-state index is -3.49. The number of sulfonamides is 1. The summed E-state index contributed by atoms with van der Waals surface area (Å²) in [7, 11) is -3.49. The Morgan fingerprint density at radius 2 is 2.14 bits per heavy atom. The topological polar surface area (TPSA) is 72.2 Å². The van der Waals surface area contributed by atoms with Gasteiger partial charge in [0.25, 0.3) is 0 Å². The molecular weight excluding hydrogens is 304 g/mol. The number of fused-ring (bicyclic) bond motifs is 1. The first kappa shape index (κ1) is 15.0. The third kappa shape index (κ3) is 2.85. The first-order chi connectivity index (χ1) is 10.1. The van der Waals surface area contributed by atoms with E-state index in [1.54, 1.807) is 0 Å². The summed E-state index contributed by atoms with van der Waals surface area (Å²) in [6, 6.07) is 7.68. The Labute approximate surface area is 129 Å². The third-order valence-corrected chi connectivity index (χ3v) is 6.90. The Bertz CT molecular complexity index is 752. The van der Waals surface area contributed by atoms with Crippen LogP contribution in [0.4, 0.5) is 0 Å². The second-order valence-electron chi connectivity index (χ2n) is 5.57. The molecule has 0 amide bonds. The predicted molar refractivity (Wildman–Crippen MR) is 86.8 cm³/mol. The van der Waals surface area contributed by atoms with Gasteiger partial charge < -0.3 is 5.73 Å². The van der Waals surface area contributed by atoms with Crippen LogP contribution in [0.15, 0.2) is 29.2 Å². The molecule has 4 nitrogen and oxygen atoms in total. The second kappa shape index (κ2) is 5.68. The van der Waals surface area contributed by atoms with E-state index < -0.39 is 10.0 Å². The summed E-state index contributed by atoms with van der Waals surface area (Å²) in [5.41, 5.74) is 5.75. The monoisotopic (exact) mass is 324 g/mol. The molecule has 1 aromatic carbocycles. The van der Waals surface area contributed by atoms with Crippen molar-refractivity contribution in [1.82, 2.24) is 4.72 Å². The van der Waals surface area contributed by atoms with Gasteiger partial charge in [-0.25, -0.2) is 13.1 Å². The molecular formula is C15H20N2O2S2. The Kier molecular flexibility index (Phi) is 4.05. The van der Waals surface area contributed by atoms with Gasteiger partial charge >= 0.3 is 0 Å². The zero-order chi connectivity index (χ0) is 15.0. The lowest BCUT2D eigenvalue weighted by Crippen LogP contribution is -2.28. The van der Waals surface area contributed by atoms with Crippen molar-refractivity contribution in [2.45, 2.75) is 43.7 Å². The molecule has 0 bridgehead atoms. The lowest BCUT2D eigenvalue weighted by Gasteiger charge is -2.07. The molecule has 0 saturated heterocycles. The maximum absolute atomic E-state index is 12.7. The van der Waals surface area contributed by atoms with Crippen LogP contribution in [-0.4, -0.2) is 14.5 Å². The molecule has 21 heavy (non-hydrogen) atoms. The maximum Gasteiger partial charge on any atom is 0.242 e. The first-order valence-corrected chi connectivity index (χ1v) is 9.59. The van der Waals surface area contributed by atoms with E-state index in [1.807, 2.05) is 24.3 Å². The Morgan fingerprint density at radius 3 is 2.86 bits per heavy atom. The van der Waals surface area contributed by atoms with Gasteiger partial charge in [-0.2, -0.15) is 0 Å². The number of thiophene rings is 1. The highest BCUT2D eigenvalue weighted by Gasteiger charge is 2.40. The third-order valence-electron chi connectivity index (χ3n) is 3.96. The zero-order valence-corrected chi connectivity index (χ0v) is 13.6. The van der Waals surface area contributed by atoms with Crippen LogP contribution in [0.25, 0.3) is 10.1 Å². The molecule has 114 valence electrons. The van der Waals surface area contributed by atoms with Crippen molar-refractivity contribution in [3.05, 3.63) is 29.1 Å². The quantitative estimate of drug-likeness (QED) is 0.858. The summed E-state index contributed by atoms with van der Waals surface area (Å²) in [6.45, 7) is 2.38. The molecule has 0 aliphatic heterocycles. The second-order valence-corrected chi connectivity index (χ2v) is 8.35. The van der Waals surface area contributed by atoms with E-state index >= 15 is 0 Å². The van der Waals surface area contributed by atoms with Gasteiger partial charge in [-0.05, 0) is 24.8 Å². The number of rotatable bonds is 6. The summed E-state index contributed by atoms with van der Waals surface area (Å²) < 4.78 is 29.3. The number of nitrogens with two attached hydrogens (primary N) is 1. The molecule has 1 aromatic heterocycles. The van der Waals surface area contributed by atoms with Crippen LogP contribution >= 0.6 is 11.3 Å². The predicted octanol–water partition coefficient (Wildman–Crippen LogP) is 2.83. The van der Waals surface area contributed by atoms with Crippen LogP contribution in [0.3, 0.4) is 0 Å². The minimum Gasteiger partial charge on any atom is -0.326 e. The van der Waals surface area contributed by atoms with Crippen LogP contribution in [-0.2, 0) is 16.6 Å². The van der Waals surface area contributed by atoms with Crippen molar-refractivity contribution in [2.75, 3.05) is 0 Å². The average molecular weight is 324 g/mol. The van der Waals surface area contributed by atoms with Crippen LogP contribution in [0.2, 0.25) is 0 Å². The van der Waals surface area contributed by atoms with Crippen molar-refractivity contribution in [1.29, 1.82) is 0 Å². The fourth-order valence-corrected chi connectivity index (χ4v) is 5.99. The fraction of sp³-hybridized carbons (Fsp3) is 0.467. The fourth-order valence-electron chi connectivity index (χ4n) is 2.84. The van der Waals surface area contributed by atoms with Crippen LogP contribution < -0.4 is 10.5 Å². The minimum absolute atomic E-state index is 0.0965. The molecule has 6 heteroatoms. The van der Waals surface area contributed by atoms with Gasteiger partial charge in [0.2, 0.25) is 10.0 Å². The van der Waals surface area contributed by atoms with E-state index in [-0.39, 0.29) is 12.6 Å². The molecule has 2 atom stereocenters. The van der Waals surface area contributed by atoms with Gasteiger partial charge in [0, 0.05) is 27.5 Å². The van der Waals surface area contributed by atoms with E-state index in [1.165, 1.54) is 11.3 Å². The van der Waals surface area contributed by atoms with Crippen molar-refractivity contribution in [3.8, 4) is 0 Å². The van der Waals surface area contributed by atoms with Gasteiger partial charge in [-0.1, -0.05) is 31.5 Å². The molecule has 3 rings (SSSR count). The zero-order valence-electron chi connectivity index (χ0n) is 12.0. The highest BCUT2D eigenvalue weighted by atomic mass is 32.2. The van der Waals surface area contributed by atoms with E-state index in [4.69, 9.17) is 5.73 Å². The summed E-state index contributed by atoms with van der Waals surface area (Å²) in [5, 5.41) is 0.781. The largest absolute Gasteiger partial charge is 0.326 e. The number of nitrogens with one attached hydrogen (secondary N) is 1. The van der Waals surface area contributed by atoms with Crippen LogP contribution in [0.5, 0.6) is 0 Å². The van der Waals surface area contributed by atoms with Gasteiger partial charge in [-0.3, -0.25) is 0 Å². The van der Waals surface area contributed by atoms with E-state index in [2.05, 4.69) is 11.6 Å². The van der Waals surface area contributed by atoms with Crippen molar-refractivity contribution in [3.63, 3.8) is 0 Å². The van der Waals surface area contributed by atoms with E-state index in [0.29, 0.717) is 10.8 Å². The average Bonchev–Trinajstić information content (AvgIpc) is 3.04. The highest BCUT2D eigenvalue weighted by Crippen LogP contribution is 2.38. The summed E-state index contributed by atoms with van der Waals surface area (Å²) in [5.74, 6) is 0.496. The van der Waals surface area contributed by atoms with Gasteiger partial charge in [0.1, 0.15) is 4.90 Å². The van der Waals surface area contributed by atoms with Crippen molar-refractivity contribution < 1.29 is 8.42 Å². The highest BCUT2D eigenvalue weighted by molar-refractivity contribution is 7.90. The van der Waals surface area contributed by atoms with Gasteiger partial charge in [-0.15, -0.1) is 11.3 Å². The Balaban J connectivity index is 1.95. The number of hydrogen-bond donors (Lipinski definition) is 2. The van der Waals surface area contributed by atoms with Crippen molar-refractivity contribution in [2.24, 2.45) is 11.7 Å². The summed E-state index contributed by atoms with van der Waals surface area (Å²) in [4.78, 5) is 1.11. The van der Waals surface area contributed by atoms with Crippen LogP contribution in [0, 0.1) is 5.92 Å². The summed E-state index contributed by atoms with van der Waals surface area (Å²) >= 11 is 1.47. The SMILES string of the molecule is CCCC1CC1NS(=O)(=O)c1c(CN)sc2ccccc12. The number of benzene rings is 1. The van der Waals surface area contributed by atoms with E-state index in [0.717, 1.165) is 34.2 Å². The molecule has 1 fully saturated rings. The van der Waals surface area contributed by atoms with Gasteiger partial charge in [0.05, 0.1) is 0 Å². The smallest absolute Gasteiger partial charge is 0.242 e. The van der Waals surface area contributed by atoms with Crippen molar-refractivity contribution >= 4 is 31.4 Å². The molecule has 2 unspecified atom stereocenters. The van der Waals surface area contributed by atoms with Crippen LogP contribution in [0.1, 0.15) is 31.1 Å². The molecule has 2 aromatic rings. The van der Waals surface area contributed by atoms with E-state index in [9.17, 15) is 8.42 Å². The molecule has 1 heterocycles.